The smallest absolute Gasteiger partial charge is 0.329 e. The van der Waals surface area contributed by atoms with Crippen LogP contribution >= 0.6 is 0 Å². The van der Waals surface area contributed by atoms with Crippen molar-refractivity contribution in [3.8, 4) is 0 Å². The number of Topliss-reactive ketones (excluding diaryl/α,β-unsaturated/α-hetero) is 1. The van der Waals surface area contributed by atoms with Crippen molar-refractivity contribution in [2.24, 2.45) is 29.1 Å². The molecule has 3 rings (SSSR count). The third kappa shape index (κ3) is 6.22. The van der Waals surface area contributed by atoms with Crippen LogP contribution in [-0.2, 0) is 19.1 Å². The lowest BCUT2D eigenvalue weighted by Crippen LogP contribution is -2.58. The number of hydrogen-bond acceptors (Lipinski definition) is 8. The predicted octanol–water partition coefficient (Wildman–Crippen LogP) is 2.40. The number of carbonyl (C=O) groups excluding carboxylic acids is 4. The molecule has 38 heavy (non-hydrogen) atoms. The summed E-state index contributed by atoms with van der Waals surface area (Å²) < 4.78 is 5.33. The molecule has 2 aliphatic rings. The zero-order valence-corrected chi connectivity index (χ0v) is 23.6. The van der Waals surface area contributed by atoms with E-state index < -0.39 is 46.8 Å². The number of amides is 2. The molecule has 1 aliphatic carbocycles. The molecule has 2 unspecified atom stereocenters. The molecule has 0 aromatic carbocycles. The van der Waals surface area contributed by atoms with Crippen molar-refractivity contribution in [3.63, 3.8) is 0 Å². The minimum Gasteiger partial charge on any atom is -0.464 e. The van der Waals surface area contributed by atoms with Gasteiger partial charge in [-0.15, -0.1) is 0 Å². The number of fused-ring (bicyclic) bond motifs is 1. The number of carbonyl (C=O) groups is 4. The van der Waals surface area contributed by atoms with Crippen molar-refractivity contribution in [2.45, 2.75) is 85.4 Å². The Morgan fingerprint density at radius 3 is 2.47 bits per heavy atom. The van der Waals surface area contributed by atoms with Gasteiger partial charge in [-0.2, -0.15) is 0 Å². The van der Waals surface area contributed by atoms with Crippen LogP contribution in [0.1, 0.15) is 78.2 Å². The standard InChI is InChI=1S/C28H42N4O6/c1-8-38-26(36)22-17-9-10-28(7,37)19(17)15-32(22)25(35)23(27(4,5)6)31-24(34)18(16(2)3)13-21(33)20-14-29-11-12-30-20/h11-12,14,16-19,22-23,37H,8-10,13,15H2,1-7H3,(H,31,34)/t17-,18?,19-,22?,23+,28+/m0/s1. The molecule has 2 fully saturated rings. The number of nitrogens with one attached hydrogen (secondary N) is 1. The second-order valence-electron chi connectivity index (χ2n) is 12.2. The van der Waals surface area contributed by atoms with Crippen molar-refractivity contribution in [1.29, 1.82) is 0 Å². The molecule has 10 nitrogen and oxygen atoms in total. The Morgan fingerprint density at radius 1 is 1.24 bits per heavy atom. The molecule has 1 aliphatic heterocycles. The van der Waals surface area contributed by atoms with Gasteiger partial charge in [0.05, 0.1) is 18.4 Å². The molecule has 1 aromatic heterocycles. The van der Waals surface area contributed by atoms with Crippen LogP contribution in [-0.4, -0.2) is 74.4 Å². The molecule has 10 heteroatoms. The summed E-state index contributed by atoms with van der Waals surface area (Å²) in [6, 6.07) is -1.77. The predicted molar refractivity (Wildman–Crippen MR) is 140 cm³/mol. The Balaban J connectivity index is 1.85. The monoisotopic (exact) mass is 530 g/mol. The summed E-state index contributed by atoms with van der Waals surface area (Å²) >= 11 is 0. The average molecular weight is 531 g/mol. The Hall–Kier alpha value is -2.88. The summed E-state index contributed by atoms with van der Waals surface area (Å²) in [5.41, 5.74) is -1.50. The van der Waals surface area contributed by atoms with Crippen molar-refractivity contribution in [1.82, 2.24) is 20.2 Å². The van der Waals surface area contributed by atoms with E-state index >= 15 is 0 Å². The van der Waals surface area contributed by atoms with Crippen LogP contribution in [0, 0.1) is 29.1 Å². The van der Waals surface area contributed by atoms with Gasteiger partial charge in [0.2, 0.25) is 11.8 Å². The molecule has 0 radical (unpaired) electrons. The average Bonchev–Trinajstić information content (AvgIpc) is 3.37. The second kappa shape index (κ2) is 11.5. The highest BCUT2D eigenvalue weighted by molar-refractivity contribution is 5.98. The molecule has 2 N–H and O–H groups in total. The number of hydrogen-bond donors (Lipinski definition) is 2. The third-order valence-electron chi connectivity index (χ3n) is 8.04. The van der Waals surface area contributed by atoms with Crippen LogP contribution in [0.3, 0.4) is 0 Å². The summed E-state index contributed by atoms with van der Waals surface area (Å²) in [5, 5.41) is 13.9. The highest BCUT2D eigenvalue weighted by Crippen LogP contribution is 2.48. The zero-order chi connectivity index (χ0) is 28.4. The highest BCUT2D eigenvalue weighted by Gasteiger charge is 2.58. The Morgan fingerprint density at radius 2 is 1.92 bits per heavy atom. The van der Waals surface area contributed by atoms with Crippen LogP contribution in [0.2, 0.25) is 0 Å². The molecule has 6 atom stereocenters. The van der Waals surface area contributed by atoms with Gasteiger partial charge in [-0.05, 0) is 43.9 Å². The largest absolute Gasteiger partial charge is 0.464 e. The molecule has 210 valence electrons. The first-order valence-corrected chi connectivity index (χ1v) is 13.5. The van der Waals surface area contributed by atoms with Gasteiger partial charge in [0.15, 0.2) is 5.78 Å². The van der Waals surface area contributed by atoms with E-state index in [4.69, 9.17) is 4.74 Å². The minimum atomic E-state index is -0.992. The van der Waals surface area contributed by atoms with Gasteiger partial charge in [-0.25, -0.2) is 9.78 Å². The van der Waals surface area contributed by atoms with Gasteiger partial charge in [-0.3, -0.25) is 19.4 Å². The molecule has 2 amide bonds. The maximum absolute atomic E-state index is 14.1. The fourth-order valence-corrected chi connectivity index (χ4v) is 5.77. The molecular formula is C28H42N4O6. The number of rotatable bonds is 9. The highest BCUT2D eigenvalue weighted by atomic mass is 16.5. The van der Waals surface area contributed by atoms with E-state index in [-0.39, 0.29) is 48.8 Å². The van der Waals surface area contributed by atoms with E-state index in [2.05, 4.69) is 15.3 Å². The summed E-state index contributed by atoms with van der Waals surface area (Å²) in [6.45, 7) is 13.1. The van der Waals surface area contributed by atoms with E-state index in [0.29, 0.717) is 12.8 Å². The quantitative estimate of drug-likeness (QED) is 0.367. The van der Waals surface area contributed by atoms with E-state index in [1.165, 1.54) is 23.5 Å². The number of ketones is 1. The molecule has 1 saturated carbocycles. The Bertz CT molecular complexity index is 1040. The van der Waals surface area contributed by atoms with Gasteiger partial charge in [0, 0.05) is 37.2 Å². The number of likely N-dealkylation sites (tertiary alicyclic amines) is 1. The molecule has 2 heterocycles. The van der Waals surface area contributed by atoms with Gasteiger partial charge < -0.3 is 20.1 Å². The summed E-state index contributed by atoms with van der Waals surface area (Å²) in [7, 11) is 0. The first-order valence-electron chi connectivity index (χ1n) is 13.5. The Kier molecular flexibility index (Phi) is 8.96. The van der Waals surface area contributed by atoms with Gasteiger partial charge in [0.1, 0.15) is 17.8 Å². The number of esters is 1. The van der Waals surface area contributed by atoms with Crippen molar-refractivity contribution < 1.29 is 29.0 Å². The number of aliphatic hydroxyl groups is 1. The topological polar surface area (TPSA) is 139 Å². The SMILES string of the molecule is CCOC(=O)C1[C@H]2CC[C@@](C)(O)[C@H]2CN1C(=O)[C@@H](NC(=O)C(CC(=O)c1cnccn1)C(C)C)C(C)(C)C. The van der Waals surface area contributed by atoms with Crippen molar-refractivity contribution >= 4 is 23.6 Å². The summed E-state index contributed by atoms with van der Waals surface area (Å²) in [6.07, 6.45) is 5.35. The van der Waals surface area contributed by atoms with Gasteiger partial charge >= 0.3 is 5.97 Å². The fourth-order valence-electron chi connectivity index (χ4n) is 5.77. The van der Waals surface area contributed by atoms with Crippen molar-refractivity contribution in [2.75, 3.05) is 13.2 Å². The maximum atomic E-state index is 14.1. The summed E-state index contributed by atoms with van der Waals surface area (Å²) in [5.74, 6) is -2.94. The minimum absolute atomic E-state index is 0.0740. The van der Waals surface area contributed by atoms with Crippen LogP contribution < -0.4 is 5.32 Å². The number of nitrogens with zero attached hydrogens (tertiary/aromatic N) is 3. The second-order valence-corrected chi connectivity index (χ2v) is 12.2. The lowest BCUT2D eigenvalue weighted by atomic mass is 9.83. The van der Waals surface area contributed by atoms with Crippen LogP contribution in [0.4, 0.5) is 0 Å². The fraction of sp³-hybridized carbons (Fsp3) is 0.714. The third-order valence-corrected chi connectivity index (χ3v) is 8.04. The molecule has 0 spiro atoms. The number of aromatic nitrogens is 2. The molecule has 1 saturated heterocycles. The number of ether oxygens (including phenoxy) is 1. The van der Waals surface area contributed by atoms with Gasteiger partial charge in [-0.1, -0.05) is 34.6 Å². The van der Waals surface area contributed by atoms with Crippen LogP contribution in [0.5, 0.6) is 0 Å². The van der Waals surface area contributed by atoms with E-state index in [1.54, 1.807) is 13.8 Å². The molecule has 1 aromatic rings. The van der Waals surface area contributed by atoms with E-state index in [9.17, 15) is 24.3 Å². The lowest BCUT2D eigenvalue weighted by molar-refractivity contribution is -0.156. The van der Waals surface area contributed by atoms with Crippen LogP contribution in [0.25, 0.3) is 0 Å². The first-order chi connectivity index (χ1) is 17.7. The summed E-state index contributed by atoms with van der Waals surface area (Å²) in [4.78, 5) is 62.9. The van der Waals surface area contributed by atoms with E-state index in [0.717, 1.165) is 0 Å². The van der Waals surface area contributed by atoms with E-state index in [1.807, 2.05) is 34.6 Å². The van der Waals surface area contributed by atoms with Gasteiger partial charge in [0.25, 0.3) is 0 Å². The maximum Gasteiger partial charge on any atom is 0.329 e. The van der Waals surface area contributed by atoms with Crippen LogP contribution in [0.15, 0.2) is 18.6 Å². The molecule has 0 bridgehead atoms. The van der Waals surface area contributed by atoms with Crippen molar-refractivity contribution in [3.05, 3.63) is 24.3 Å². The lowest BCUT2D eigenvalue weighted by Gasteiger charge is -2.37. The first kappa shape index (κ1) is 29.7. The molecular weight excluding hydrogens is 488 g/mol. The zero-order valence-electron chi connectivity index (χ0n) is 23.6. The Labute approximate surface area is 224 Å². The normalized spacial score (nSPS) is 26.6.